The Bertz CT molecular complexity index is 469. The second kappa shape index (κ2) is 4.41. The molecule has 0 aliphatic carbocycles. The molecular formula is C10H12ClN3S. The summed E-state index contributed by atoms with van der Waals surface area (Å²) in [4.78, 5) is 4.35. The number of hydrogen-bond donors (Lipinski definition) is 0. The fraction of sp³-hybridized carbons (Fsp3) is 0.400. The zero-order valence-electron chi connectivity index (χ0n) is 8.64. The highest BCUT2D eigenvalue weighted by Gasteiger charge is 2.09. The number of rotatable bonds is 3. The third kappa shape index (κ3) is 2.26. The minimum atomic E-state index is 0.362. The monoisotopic (exact) mass is 241 g/mol. The molecule has 2 rings (SSSR count). The van der Waals surface area contributed by atoms with Crippen LogP contribution >= 0.6 is 23.4 Å². The van der Waals surface area contributed by atoms with Gasteiger partial charge in [-0.3, -0.25) is 0 Å². The molecule has 2 heterocycles. The molecule has 0 saturated heterocycles. The number of hydrogen-bond acceptors (Lipinski definition) is 3. The Labute approximate surface area is 97.8 Å². The SMILES string of the molecule is Cc1cc2c(SC(C)CCl)nccn2n1. The predicted octanol–water partition coefficient (Wildman–Crippen LogP) is 2.76. The van der Waals surface area contributed by atoms with E-state index in [2.05, 4.69) is 17.0 Å². The van der Waals surface area contributed by atoms with Crippen LogP contribution in [0.3, 0.4) is 0 Å². The molecule has 0 spiro atoms. The lowest BCUT2D eigenvalue weighted by Gasteiger charge is -2.06. The Balaban J connectivity index is 2.41. The van der Waals surface area contributed by atoms with Gasteiger partial charge in [-0.2, -0.15) is 5.10 Å². The number of nitrogens with zero attached hydrogens (tertiary/aromatic N) is 3. The van der Waals surface area contributed by atoms with Crippen LogP contribution in [0.4, 0.5) is 0 Å². The normalized spacial score (nSPS) is 13.3. The van der Waals surface area contributed by atoms with E-state index in [1.807, 2.05) is 23.7 Å². The van der Waals surface area contributed by atoms with E-state index >= 15 is 0 Å². The second-order valence-electron chi connectivity index (χ2n) is 3.43. The summed E-state index contributed by atoms with van der Waals surface area (Å²) in [6.07, 6.45) is 3.63. The summed E-state index contributed by atoms with van der Waals surface area (Å²) in [6.45, 7) is 4.07. The third-order valence-corrected chi connectivity index (χ3v) is 3.76. The van der Waals surface area contributed by atoms with Gasteiger partial charge in [0.2, 0.25) is 0 Å². The van der Waals surface area contributed by atoms with Gasteiger partial charge in [0, 0.05) is 23.5 Å². The molecule has 1 atom stereocenters. The van der Waals surface area contributed by atoms with Crippen LogP contribution in [0.25, 0.3) is 5.52 Å². The Morgan fingerprint density at radius 1 is 1.60 bits per heavy atom. The van der Waals surface area contributed by atoms with E-state index in [1.165, 1.54) is 0 Å². The lowest BCUT2D eigenvalue weighted by Crippen LogP contribution is -1.99. The predicted molar refractivity (Wildman–Crippen MR) is 63.8 cm³/mol. The molecule has 15 heavy (non-hydrogen) atoms. The highest BCUT2D eigenvalue weighted by atomic mass is 35.5. The van der Waals surface area contributed by atoms with Crippen molar-refractivity contribution in [1.29, 1.82) is 0 Å². The van der Waals surface area contributed by atoms with Gasteiger partial charge in [0.15, 0.2) is 0 Å². The van der Waals surface area contributed by atoms with Crippen LogP contribution in [0.1, 0.15) is 12.6 Å². The molecule has 0 aliphatic heterocycles. The molecule has 0 bridgehead atoms. The molecule has 2 aromatic rings. The molecular weight excluding hydrogens is 230 g/mol. The van der Waals surface area contributed by atoms with Crippen LogP contribution in [0.15, 0.2) is 23.5 Å². The first-order valence-corrected chi connectivity index (χ1v) is 6.15. The maximum absolute atomic E-state index is 5.79. The number of thioether (sulfide) groups is 1. The number of alkyl halides is 1. The fourth-order valence-electron chi connectivity index (χ4n) is 1.33. The van der Waals surface area contributed by atoms with Crippen molar-refractivity contribution in [2.75, 3.05) is 5.88 Å². The summed E-state index contributed by atoms with van der Waals surface area (Å²) < 4.78 is 1.85. The van der Waals surface area contributed by atoms with Crippen LogP contribution in [0.5, 0.6) is 0 Å². The average Bonchev–Trinajstić information content (AvgIpc) is 2.59. The largest absolute Gasteiger partial charge is 0.246 e. The number of aromatic nitrogens is 3. The molecule has 0 N–H and O–H groups in total. The smallest absolute Gasteiger partial charge is 0.122 e. The number of halogens is 1. The van der Waals surface area contributed by atoms with Gasteiger partial charge in [-0.25, -0.2) is 9.50 Å². The molecule has 5 heteroatoms. The molecule has 80 valence electrons. The van der Waals surface area contributed by atoms with E-state index in [0.717, 1.165) is 16.2 Å². The topological polar surface area (TPSA) is 30.2 Å². The maximum atomic E-state index is 5.79. The molecule has 0 fully saturated rings. The highest BCUT2D eigenvalue weighted by Crippen LogP contribution is 2.26. The minimum Gasteiger partial charge on any atom is -0.246 e. The average molecular weight is 242 g/mol. The molecule has 0 aromatic carbocycles. The second-order valence-corrected chi connectivity index (χ2v) is 5.17. The lowest BCUT2D eigenvalue weighted by molar-refractivity contribution is 0.898. The molecule has 3 nitrogen and oxygen atoms in total. The number of aryl methyl sites for hydroxylation is 1. The zero-order chi connectivity index (χ0) is 10.8. The third-order valence-electron chi connectivity index (χ3n) is 2.01. The van der Waals surface area contributed by atoms with Crippen LogP contribution in [0.2, 0.25) is 0 Å². The fourth-order valence-corrected chi connectivity index (χ4v) is 2.36. The zero-order valence-corrected chi connectivity index (χ0v) is 10.2. The van der Waals surface area contributed by atoms with Gasteiger partial charge in [-0.15, -0.1) is 11.6 Å². The first-order valence-electron chi connectivity index (χ1n) is 4.74. The van der Waals surface area contributed by atoms with Crippen molar-refractivity contribution < 1.29 is 0 Å². The van der Waals surface area contributed by atoms with E-state index in [-0.39, 0.29) is 0 Å². The molecule has 0 radical (unpaired) electrons. The van der Waals surface area contributed by atoms with E-state index in [4.69, 9.17) is 11.6 Å². The molecule has 0 amide bonds. The van der Waals surface area contributed by atoms with Gasteiger partial charge in [-0.1, -0.05) is 18.7 Å². The van der Waals surface area contributed by atoms with Crippen molar-refractivity contribution in [2.45, 2.75) is 24.1 Å². The lowest BCUT2D eigenvalue weighted by atomic mass is 10.4. The molecule has 0 aliphatic rings. The molecule has 2 aromatic heterocycles. The molecule has 0 saturated carbocycles. The molecule has 1 unspecified atom stereocenters. The summed E-state index contributed by atoms with van der Waals surface area (Å²) in [5, 5.41) is 5.69. The van der Waals surface area contributed by atoms with Gasteiger partial charge in [0.1, 0.15) is 5.03 Å². The first kappa shape index (κ1) is 10.8. The van der Waals surface area contributed by atoms with Crippen molar-refractivity contribution >= 4 is 28.9 Å². The van der Waals surface area contributed by atoms with Gasteiger partial charge >= 0.3 is 0 Å². The van der Waals surface area contributed by atoms with Gasteiger partial charge in [0.25, 0.3) is 0 Å². The van der Waals surface area contributed by atoms with Crippen molar-refractivity contribution in [3.63, 3.8) is 0 Å². The van der Waals surface area contributed by atoms with Crippen LogP contribution in [-0.2, 0) is 0 Å². The van der Waals surface area contributed by atoms with Crippen molar-refractivity contribution in [3.8, 4) is 0 Å². The van der Waals surface area contributed by atoms with Gasteiger partial charge in [0.05, 0.1) is 11.2 Å². The van der Waals surface area contributed by atoms with Crippen LogP contribution in [0, 0.1) is 6.92 Å². The van der Waals surface area contributed by atoms with Crippen LogP contribution in [-0.4, -0.2) is 25.7 Å². The van der Waals surface area contributed by atoms with Crippen molar-refractivity contribution in [3.05, 3.63) is 24.2 Å². The van der Waals surface area contributed by atoms with Gasteiger partial charge in [-0.05, 0) is 13.0 Å². The highest BCUT2D eigenvalue weighted by molar-refractivity contribution is 8.00. The first-order chi connectivity index (χ1) is 7.20. The van der Waals surface area contributed by atoms with Crippen LogP contribution < -0.4 is 0 Å². The minimum absolute atomic E-state index is 0.362. The van der Waals surface area contributed by atoms with E-state index < -0.39 is 0 Å². The Kier molecular flexibility index (Phi) is 3.17. The van der Waals surface area contributed by atoms with E-state index in [0.29, 0.717) is 11.1 Å². The number of fused-ring (bicyclic) bond motifs is 1. The summed E-state index contributed by atoms with van der Waals surface area (Å²) >= 11 is 7.47. The Hall–Kier alpha value is -0.740. The summed E-state index contributed by atoms with van der Waals surface area (Å²) in [5.41, 5.74) is 2.06. The van der Waals surface area contributed by atoms with E-state index in [1.54, 1.807) is 18.0 Å². The Morgan fingerprint density at radius 3 is 3.13 bits per heavy atom. The van der Waals surface area contributed by atoms with E-state index in [9.17, 15) is 0 Å². The Morgan fingerprint density at radius 2 is 2.40 bits per heavy atom. The van der Waals surface area contributed by atoms with Gasteiger partial charge < -0.3 is 0 Å². The summed E-state index contributed by atoms with van der Waals surface area (Å²) in [7, 11) is 0. The standard InChI is InChI=1S/C10H12ClN3S/c1-7-5-9-10(15-8(2)6-11)12-3-4-14(9)13-7/h3-5,8H,6H2,1-2H3. The summed E-state index contributed by atoms with van der Waals surface area (Å²) in [6, 6.07) is 2.04. The van der Waals surface area contributed by atoms with Crippen molar-refractivity contribution in [2.24, 2.45) is 0 Å². The van der Waals surface area contributed by atoms with Crippen molar-refractivity contribution in [1.82, 2.24) is 14.6 Å². The quantitative estimate of drug-likeness (QED) is 0.612. The summed E-state index contributed by atoms with van der Waals surface area (Å²) in [5.74, 6) is 0.626. The maximum Gasteiger partial charge on any atom is 0.122 e.